The Morgan fingerprint density at radius 2 is 1.94 bits per heavy atom. The Morgan fingerprint density at radius 3 is 2.50 bits per heavy atom. The molecule has 0 heterocycles. The van der Waals surface area contributed by atoms with E-state index in [4.69, 9.17) is 0 Å². The Labute approximate surface area is 99.7 Å². The molecular formula is C13H14O2S. The third-order valence-electron chi connectivity index (χ3n) is 1.99. The molecule has 0 fully saturated rings. The van der Waals surface area contributed by atoms with Crippen LogP contribution in [0.5, 0.6) is 0 Å². The molecule has 3 heteroatoms. The molecule has 2 nitrogen and oxygen atoms in total. The largest absolute Gasteiger partial charge is 0.508 e. The number of allylic oxidation sites excluding steroid dienone is 1. The number of aryl methyl sites for hydroxylation is 1. The van der Waals surface area contributed by atoms with Gasteiger partial charge in [-0.1, -0.05) is 47.7 Å². The minimum absolute atomic E-state index is 0.0278. The van der Waals surface area contributed by atoms with Crippen molar-refractivity contribution >= 4 is 23.0 Å². The monoisotopic (exact) mass is 234 g/mol. The number of carbonyl (C=O) groups is 1. The Kier molecular flexibility index (Phi) is 4.86. The lowest BCUT2D eigenvalue weighted by Gasteiger charge is -1.95. The molecular weight excluding hydrogens is 220 g/mol. The van der Waals surface area contributed by atoms with Crippen molar-refractivity contribution in [1.82, 2.24) is 0 Å². The fourth-order valence-corrected chi connectivity index (χ4v) is 1.33. The minimum atomic E-state index is -0.161. The van der Waals surface area contributed by atoms with Gasteiger partial charge in [-0.05, 0) is 24.8 Å². The molecule has 1 N–H and O–H groups in total. The summed E-state index contributed by atoms with van der Waals surface area (Å²) in [5.41, 5.74) is 2.18. The number of hydrogen-bond donors (Lipinski definition) is 1. The first-order chi connectivity index (χ1) is 7.61. The summed E-state index contributed by atoms with van der Waals surface area (Å²) in [5, 5.41) is 9.25. The van der Waals surface area contributed by atoms with Crippen LogP contribution < -0.4 is 0 Å². The van der Waals surface area contributed by atoms with Crippen molar-refractivity contribution in [2.75, 3.05) is 6.26 Å². The quantitative estimate of drug-likeness (QED) is 0.495. The lowest BCUT2D eigenvalue weighted by atomic mass is 10.1. The van der Waals surface area contributed by atoms with Crippen LogP contribution in [0, 0.1) is 6.92 Å². The SMILES string of the molecule is CSC(=O)/C=C(O)/C=C/c1ccc(C)cc1. The molecule has 0 aromatic heterocycles. The van der Waals surface area contributed by atoms with Crippen LogP contribution in [0.1, 0.15) is 11.1 Å². The van der Waals surface area contributed by atoms with Crippen molar-refractivity contribution in [2.45, 2.75) is 6.92 Å². The highest BCUT2D eigenvalue weighted by Crippen LogP contribution is 2.07. The molecule has 0 saturated carbocycles. The van der Waals surface area contributed by atoms with E-state index in [1.165, 1.54) is 17.7 Å². The third kappa shape index (κ3) is 4.36. The molecule has 1 aromatic carbocycles. The number of thioether (sulfide) groups is 1. The molecule has 0 radical (unpaired) electrons. The molecule has 0 saturated heterocycles. The molecule has 0 aliphatic rings. The van der Waals surface area contributed by atoms with Crippen molar-refractivity contribution in [2.24, 2.45) is 0 Å². The van der Waals surface area contributed by atoms with E-state index in [-0.39, 0.29) is 10.9 Å². The van der Waals surface area contributed by atoms with Crippen molar-refractivity contribution in [3.05, 3.63) is 53.3 Å². The second kappa shape index (κ2) is 6.18. The molecule has 16 heavy (non-hydrogen) atoms. The van der Waals surface area contributed by atoms with E-state index in [1.807, 2.05) is 31.2 Å². The molecule has 84 valence electrons. The minimum Gasteiger partial charge on any atom is -0.508 e. The van der Waals surface area contributed by atoms with Crippen LogP contribution in [-0.4, -0.2) is 16.5 Å². The Bertz CT molecular complexity index is 416. The van der Waals surface area contributed by atoms with E-state index in [2.05, 4.69) is 0 Å². The average Bonchev–Trinajstić information content (AvgIpc) is 2.28. The topological polar surface area (TPSA) is 37.3 Å². The van der Waals surface area contributed by atoms with Gasteiger partial charge in [0.15, 0.2) is 0 Å². The number of aliphatic hydroxyl groups excluding tert-OH is 1. The summed E-state index contributed by atoms with van der Waals surface area (Å²) in [6, 6.07) is 7.89. The van der Waals surface area contributed by atoms with Crippen molar-refractivity contribution < 1.29 is 9.90 Å². The fourth-order valence-electron chi connectivity index (χ4n) is 1.09. The van der Waals surface area contributed by atoms with Gasteiger partial charge in [0.05, 0.1) is 0 Å². The van der Waals surface area contributed by atoms with Crippen LogP contribution in [-0.2, 0) is 4.79 Å². The van der Waals surface area contributed by atoms with Gasteiger partial charge in [-0.15, -0.1) is 0 Å². The standard InChI is InChI=1S/C13H14O2S/c1-10-3-5-11(6-4-10)7-8-12(14)9-13(15)16-2/h3-9,14H,1-2H3/b8-7+,12-9-. The van der Waals surface area contributed by atoms with E-state index in [0.29, 0.717) is 0 Å². The summed E-state index contributed by atoms with van der Waals surface area (Å²) in [7, 11) is 0. The summed E-state index contributed by atoms with van der Waals surface area (Å²) in [4.78, 5) is 11.0. The first kappa shape index (κ1) is 12.6. The number of carbonyl (C=O) groups excluding carboxylic acids is 1. The second-order valence-electron chi connectivity index (χ2n) is 3.34. The van der Waals surface area contributed by atoms with E-state index in [0.717, 1.165) is 17.3 Å². The lowest BCUT2D eigenvalue weighted by molar-refractivity contribution is -0.107. The zero-order valence-electron chi connectivity index (χ0n) is 9.31. The summed E-state index contributed by atoms with van der Waals surface area (Å²) >= 11 is 1.07. The third-order valence-corrected chi connectivity index (χ3v) is 2.51. The Hall–Kier alpha value is -1.48. The zero-order chi connectivity index (χ0) is 12.0. The van der Waals surface area contributed by atoms with E-state index in [1.54, 1.807) is 12.3 Å². The van der Waals surface area contributed by atoms with Gasteiger partial charge in [-0.3, -0.25) is 4.79 Å². The Balaban J connectivity index is 2.70. The highest BCUT2D eigenvalue weighted by molar-refractivity contribution is 8.13. The van der Waals surface area contributed by atoms with Gasteiger partial charge in [-0.2, -0.15) is 0 Å². The fraction of sp³-hybridized carbons (Fsp3) is 0.154. The van der Waals surface area contributed by atoms with Gasteiger partial charge >= 0.3 is 0 Å². The van der Waals surface area contributed by atoms with Crippen LogP contribution in [0.4, 0.5) is 0 Å². The molecule has 1 rings (SSSR count). The summed E-state index contributed by atoms with van der Waals surface area (Å²) in [6.45, 7) is 2.02. The first-order valence-corrected chi connectivity index (χ1v) is 6.07. The van der Waals surface area contributed by atoms with Crippen LogP contribution in [0.3, 0.4) is 0 Å². The van der Waals surface area contributed by atoms with Gasteiger partial charge in [0.25, 0.3) is 0 Å². The van der Waals surface area contributed by atoms with E-state index >= 15 is 0 Å². The molecule has 1 aromatic rings. The summed E-state index contributed by atoms with van der Waals surface area (Å²) in [6.07, 6.45) is 6.16. The van der Waals surface area contributed by atoms with Gasteiger partial charge < -0.3 is 5.11 Å². The zero-order valence-corrected chi connectivity index (χ0v) is 10.1. The van der Waals surface area contributed by atoms with Crippen LogP contribution in [0.25, 0.3) is 6.08 Å². The van der Waals surface area contributed by atoms with Crippen molar-refractivity contribution in [3.8, 4) is 0 Å². The number of rotatable bonds is 3. The van der Waals surface area contributed by atoms with Gasteiger partial charge in [0, 0.05) is 6.08 Å². The second-order valence-corrected chi connectivity index (χ2v) is 4.15. The molecule has 0 amide bonds. The van der Waals surface area contributed by atoms with Crippen molar-refractivity contribution in [3.63, 3.8) is 0 Å². The summed E-state index contributed by atoms with van der Waals surface area (Å²) in [5.74, 6) is -0.0278. The molecule has 0 atom stereocenters. The molecule has 0 aliphatic carbocycles. The highest BCUT2D eigenvalue weighted by atomic mass is 32.2. The number of hydrogen-bond acceptors (Lipinski definition) is 3. The Morgan fingerprint density at radius 1 is 1.31 bits per heavy atom. The van der Waals surface area contributed by atoms with Crippen molar-refractivity contribution in [1.29, 1.82) is 0 Å². The predicted molar refractivity (Wildman–Crippen MR) is 69.4 cm³/mol. The average molecular weight is 234 g/mol. The maximum Gasteiger partial charge on any atom is 0.215 e. The molecule has 0 unspecified atom stereocenters. The predicted octanol–water partition coefficient (Wildman–Crippen LogP) is 3.34. The van der Waals surface area contributed by atoms with Crippen LogP contribution >= 0.6 is 11.8 Å². The van der Waals surface area contributed by atoms with Gasteiger partial charge in [0.1, 0.15) is 5.76 Å². The normalized spacial score (nSPS) is 12.0. The highest BCUT2D eigenvalue weighted by Gasteiger charge is 1.94. The maximum atomic E-state index is 11.0. The lowest BCUT2D eigenvalue weighted by Crippen LogP contribution is -1.85. The number of aliphatic hydroxyl groups is 1. The van der Waals surface area contributed by atoms with Crippen LogP contribution in [0.2, 0.25) is 0 Å². The van der Waals surface area contributed by atoms with Crippen LogP contribution in [0.15, 0.2) is 42.2 Å². The van der Waals surface area contributed by atoms with Gasteiger partial charge in [0.2, 0.25) is 5.12 Å². The molecule has 0 spiro atoms. The van der Waals surface area contributed by atoms with Gasteiger partial charge in [-0.25, -0.2) is 0 Å². The first-order valence-electron chi connectivity index (χ1n) is 4.85. The molecule has 0 aliphatic heterocycles. The van der Waals surface area contributed by atoms with E-state index in [9.17, 15) is 9.90 Å². The number of benzene rings is 1. The summed E-state index contributed by atoms with van der Waals surface area (Å²) < 4.78 is 0. The maximum absolute atomic E-state index is 11.0. The molecule has 0 bridgehead atoms. The van der Waals surface area contributed by atoms with E-state index < -0.39 is 0 Å². The smallest absolute Gasteiger partial charge is 0.215 e.